The molecule has 13 aromatic rings. The maximum Gasteiger partial charge on any atom is 0.153 e. The smallest absolute Gasteiger partial charge is 0.153 e. The lowest BCUT2D eigenvalue weighted by Crippen LogP contribution is -1.91. The van der Waals surface area contributed by atoms with Gasteiger partial charge in [0.2, 0.25) is 0 Å². The van der Waals surface area contributed by atoms with Gasteiger partial charge in [-0.05, 0) is 124 Å². The molecule has 2 heterocycles. The van der Waals surface area contributed by atoms with E-state index in [1.165, 1.54) is 118 Å². The number of rotatable bonds is 3. The minimum Gasteiger partial charge on any atom is -0.455 e. The second-order valence-electron chi connectivity index (χ2n) is 15.5. The molecule has 268 valence electrons. The van der Waals surface area contributed by atoms with Gasteiger partial charge in [-0.1, -0.05) is 158 Å². The molecule has 0 amide bonds. The summed E-state index contributed by atoms with van der Waals surface area (Å²) in [4.78, 5) is 0. The Hall–Kier alpha value is -7.26. The number of furan rings is 1. The van der Waals surface area contributed by atoms with Crippen LogP contribution in [0.25, 0.3) is 129 Å². The Morgan fingerprint density at radius 2 is 0.810 bits per heavy atom. The molecular formula is C56H32OS. The van der Waals surface area contributed by atoms with Crippen LogP contribution in [0, 0.1) is 0 Å². The van der Waals surface area contributed by atoms with Gasteiger partial charge in [-0.25, -0.2) is 0 Å². The molecule has 0 aliphatic carbocycles. The van der Waals surface area contributed by atoms with Gasteiger partial charge in [-0.3, -0.25) is 0 Å². The summed E-state index contributed by atoms with van der Waals surface area (Å²) in [6.07, 6.45) is 0. The average molecular weight is 753 g/mol. The summed E-state index contributed by atoms with van der Waals surface area (Å²) < 4.78 is 9.00. The van der Waals surface area contributed by atoms with Gasteiger partial charge in [-0.15, -0.1) is 11.3 Å². The van der Waals surface area contributed by atoms with Crippen molar-refractivity contribution in [3.05, 3.63) is 194 Å². The standard InChI is InChI=1S/C56H32OS/c1-2-12-34-30-38(25-21-33(34)11-1)52-43-16-5-7-18-45(43)53(46-19-8-6-17-44(46)52)39-26-23-35-29-37(24-22-36(35)31-39)49-32-51-54(42-15-4-3-13-40(42)49)48-28-27-47-41-14-9-10-20-50(41)57-55(47)56(48)58-51/h1-32H. The van der Waals surface area contributed by atoms with Gasteiger partial charge in [0, 0.05) is 26.2 Å². The molecule has 58 heavy (non-hydrogen) atoms. The lowest BCUT2D eigenvalue weighted by molar-refractivity contribution is 0.673. The van der Waals surface area contributed by atoms with E-state index >= 15 is 0 Å². The third-order valence-corrected chi connectivity index (χ3v) is 13.6. The SMILES string of the molecule is c1ccc2cc(-c3c4ccccc4c(-c4ccc5cc(-c6cc7sc8c(ccc9c%10ccccc%10oc98)c7c7ccccc67)ccc5c4)c4ccccc34)ccc2c1. The van der Waals surface area contributed by atoms with Crippen molar-refractivity contribution in [2.45, 2.75) is 0 Å². The highest BCUT2D eigenvalue weighted by Gasteiger charge is 2.20. The Bertz CT molecular complexity index is 3810. The first-order valence-corrected chi connectivity index (χ1v) is 20.7. The zero-order chi connectivity index (χ0) is 37.9. The molecule has 0 unspecified atom stereocenters. The molecule has 0 N–H and O–H groups in total. The molecule has 0 fully saturated rings. The van der Waals surface area contributed by atoms with Crippen molar-refractivity contribution in [3.8, 4) is 33.4 Å². The third kappa shape index (κ3) is 4.58. The highest BCUT2D eigenvalue weighted by molar-refractivity contribution is 7.26. The Morgan fingerprint density at radius 1 is 0.328 bits per heavy atom. The zero-order valence-corrected chi connectivity index (χ0v) is 32.1. The summed E-state index contributed by atoms with van der Waals surface area (Å²) in [6, 6.07) is 71.6. The number of benzene rings is 11. The molecule has 0 atom stereocenters. The summed E-state index contributed by atoms with van der Waals surface area (Å²) in [6.45, 7) is 0. The molecule has 0 aliphatic heterocycles. The Morgan fingerprint density at radius 3 is 1.48 bits per heavy atom. The molecule has 0 aliphatic rings. The van der Waals surface area contributed by atoms with Crippen LogP contribution in [0.3, 0.4) is 0 Å². The van der Waals surface area contributed by atoms with Crippen LogP contribution in [0.5, 0.6) is 0 Å². The van der Waals surface area contributed by atoms with E-state index in [0.29, 0.717) is 0 Å². The maximum absolute atomic E-state index is 6.51. The van der Waals surface area contributed by atoms with Crippen molar-refractivity contribution in [1.29, 1.82) is 0 Å². The molecule has 2 heteroatoms. The maximum atomic E-state index is 6.51. The number of thiophene rings is 1. The monoisotopic (exact) mass is 752 g/mol. The fourth-order valence-corrected chi connectivity index (χ4v) is 11.0. The molecule has 0 saturated heterocycles. The summed E-state index contributed by atoms with van der Waals surface area (Å²) in [5.41, 5.74) is 9.43. The predicted octanol–water partition coefficient (Wildman–Crippen LogP) is 16.7. The normalized spacial score (nSPS) is 12.1. The van der Waals surface area contributed by atoms with Crippen molar-refractivity contribution in [1.82, 2.24) is 0 Å². The number of para-hydroxylation sites is 1. The largest absolute Gasteiger partial charge is 0.455 e. The van der Waals surface area contributed by atoms with E-state index in [4.69, 9.17) is 4.42 Å². The number of fused-ring (bicyclic) bond motifs is 13. The first kappa shape index (κ1) is 31.9. The van der Waals surface area contributed by atoms with Crippen molar-refractivity contribution in [3.63, 3.8) is 0 Å². The van der Waals surface area contributed by atoms with Crippen LogP contribution in [-0.4, -0.2) is 0 Å². The fraction of sp³-hybridized carbons (Fsp3) is 0. The molecule has 0 saturated carbocycles. The van der Waals surface area contributed by atoms with Crippen LogP contribution >= 0.6 is 11.3 Å². The van der Waals surface area contributed by atoms with E-state index in [-0.39, 0.29) is 0 Å². The minimum atomic E-state index is 0.937. The van der Waals surface area contributed by atoms with Gasteiger partial charge in [0.05, 0.1) is 4.70 Å². The van der Waals surface area contributed by atoms with E-state index in [0.717, 1.165) is 11.2 Å². The van der Waals surface area contributed by atoms with Crippen LogP contribution in [-0.2, 0) is 0 Å². The summed E-state index contributed by atoms with van der Waals surface area (Å²) in [5.74, 6) is 0. The molecule has 1 nitrogen and oxygen atoms in total. The molecule has 13 rings (SSSR count). The highest BCUT2D eigenvalue weighted by Crippen LogP contribution is 2.48. The Balaban J connectivity index is 0.978. The van der Waals surface area contributed by atoms with Crippen LogP contribution in [0.2, 0.25) is 0 Å². The molecule has 11 aromatic carbocycles. The Labute approximate surface area is 337 Å². The molecule has 0 bridgehead atoms. The van der Waals surface area contributed by atoms with Gasteiger partial charge < -0.3 is 4.42 Å². The van der Waals surface area contributed by atoms with E-state index in [9.17, 15) is 0 Å². The predicted molar refractivity (Wildman–Crippen MR) is 250 cm³/mol. The molecular weight excluding hydrogens is 721 g/mol. The van der Waals surface area contributed by atoms with E-state index in [1.54, 1.807) is 0 Å². The van der Waals surface area contributed by atoms with Crippen molar-refractivity contribution >= 4 is 107 Å². The molecule has 2 aromatic heterocycles. The average Bonchev–Trinajstić information content (AvgIpc) is 3.86. The van der Waals surface area contributed by atoms with E-state index < -0.39 is 0 Å². The van der Waals surface area contributed by atoms with Crippen molar-refractivity contribution in [2.24, 2.45) is 0 Å². The van der Waals surface area contributed by atoms with Crippen LogP contribution < -0.4 is 0 Å². The van der Waals surface area contributed by atoms with Gasteiger partial charge in [0.15, 0.2) is 5.58 Å². The molecule has 0 radical (unpaired) electrons. The quantitative estimate of drug-likeness (QED) is 0.164. The van der Waals surface area contributed by atoms with E-state index in [2.05, 4.69) is 188 Å². The van der Waals surface area contributed by atoms with Crippen molar-refractivity contribution in [2.75, 3.05) is 0 Å². The number of hydrogen-bond donors (Lipinski definition) is 0. The summed E-state index contributed by atoms with van der Waals surface area (Å²) in [5, 5.41) is 17.5. The first-order chi connectivity index (χ1) is 28.7. The highest BCUT2D eigenvalue weighted by atomic mass is 32.1. The number of hydrogen-bond acceptors (Lipinski definition) is 2. The second kappa shape index (κ2) is 12.1. The lowest BCUT2D eigenvalue weighted by Gasteiger charge is -2.18. The molecule has 0 spiro atoms. The van der Waals surface area contributed by atoms with Gasteiger partial charge in [0.25, 0.3) is 0 Å². The van der Waals surface area contributed by atoms with Crippen molar-refractivity contribution < 1.29 is 4.42 Å². The lowest BCUT2D eigenvalue weighted by atomic mass is 9.85. The van der Waals surface area contributed by atoms with Crippen LogP contribution in [0.4, 0.5) is 0 Å². The summed E-state index contributed by atoms with van der Waals surface area (Å²) in [7, 11) is 0. The third-order valence-electron chi connectivity index (χ3n) is 12.4. The zero-order valence-electron chi connectivity index (χ0n) is 31.3. The van der Waals surface area contributed by atoms with Gasteiger partial charge in [0.1, 0.15) is 5.58 Å². The van der Waals surface area contributed by atoms with E-state index in [1.807, 2.05) is 17.4 Å². The minimum absolute atomic E-state index is 0.937. The first-order valence-electron chi connectivity index (χ1n) is 19.9. The van der Waals surface area contributed by atoms with Gasteiger partial charge >= 0.3 is 0 Å². The Kier molecular flexibility index (Phi) is 6.66. The topological polar surface area (TPSA) is 13.1 Å². The summed E-state index contributed by atoms with van der Waals surface area (Å²) >= 11 is 1.84. The fourth-order valence-electron chi connectivity index (χ4n) is 9.78. The second-order valence-corrected chi connectivity index (χ2v) is 16.6. The van der Waals surface area contributed by atoms with Crippen LogP contribution in [0.15, 0.2) is 199 Å². The van der Waals surface area contributed by atoms with Crippen LogP contribution in [0.1, 0.15) is 0 Å². The van der Waals surface area contributed by atoms with Gasteiger partial charge in [-0.2, -0.15) is 0 Å².